The number of hydrogen-bond acceptors (Lipinski definition) is 4. The van der Waals surface area contributed by atoms with Gasteiger partial charge in [0.25, 0.3) is 5.91 Å². The normalized spacial score (nSPS) is 10.3. The van der Waals surface area contributed by atoms with Crippen molar-refractivity contribution < 1.29 is 9.59 Å². The van der Waals surface area contributed by atoms with Gasteiger partial charge >= 0.3 is 0 Å². The molecule has 0 aliphatic rings. The van der Waals surface area contributed by atoms with Crippen LogP contribution in [0.3, 0.4) is 0 Å². The molecule has 136 valence electrons. The Morgan fingerprint density at radius 2 is 1.89 bits per heavy atom. The molecule has 0 saturated carbocycles. The molecule has 2 N–H and O–H groups in total. The smallest absolute Gasteiger partial charge is 0.257 e. The minimum atomic E-state index is -0.231. The molecule has 0 aliphatic carbocycles. The summed E-state index contributed by atoms with van der Waals surface area (Å²) in [5.41, 5.74) is 4.47. The molecule has 0 unspecified atom stereocenters. The Kier molecular flexibility index (Phi) is 5.78. The zero-order valence-electron chi connectivity index (χ0n) is 14.9. The van der Waals surface area contributed by atoms with Crippen LogP contribution in [0, 0.1) is 6.92 Å². The zero-order chi connectivity index (χ0) is 19.2. The predicted molar refractivity (Wildman–Crippen MR) is 109 cm³/mol. The molecule has 0 radical (unpaired) electrons. The summed E-state index contributed by atoms with van der Waals surface area (Å²) in [6.45, 7) is 5.83. The van der Waals surface area contributed by atoms with Gasteiger partial charge in [0.2, 0.25) is 5.91 Å². The van der Waals surface area contributed by atoms with E-state index in [-0.39, 0.29) is 11.8 Å². The number of benzene rings is 2. The number of aryl methyl sites for hydroxylation is 1. The van der Waals surface area contributed by atoms with E-state index in [0.29, 0.717) is 17.2 Å². The maximum Gasteiger partial charge on any atom is 0.257 e. The van der Waals surface area contributed by atoms with Gasteiger partial charge in [0, 0.05) is 23.1 Å². The van der Waals surface area contributed by atoms with Crippen LogP contribution in [0.2, 0.25) is 0 Å². The molecule has 3 rings (SSSR count). The second-order valence-electron chi connectivity index (χ2n) is 5.93. The molecule has 3 aromatic rings. The summed E-state index contributed by atoms with van der Waals surface area (Å²) in [5, 5.41) is 8.02. The molecule has 2 aromatic carbocycles. The highest BCUT2D eigenvalue weighted by Crippen LogP contribution is 2.27. The minimum absolute atomic E-state index is 0.220. The van der Waals surface area contributed by atoms with Crippen LogP contribution in [-0.4, -0.2) is 16.8 Å². The largest absolute Gasteiger partial charge is 0.348 e. The van der Waals surface area contributed by atoms with Crippen molar-refractivity contribution in [3.8, 4) is 11.3 Å². The molecule has 0 saturated heterocycles. The van der Waals surface area contributed by atoms with E-state index in [1.807, 2.05) is 36.6 Å². The van der Waals surface area contributed by atoms with Crippen molar-refractivity contribution in [2.75, 3.05) is 5.32 Å². The summed E-state index contributed by atoms with van der Waals surface area (Å²) in [6, 6.07) is 15.1. The zero-order valence-corrected chi connectivity index (χ0v) is 15.7. The highest BCUT2D eigenvalue weighted by atomic mass is 32.1. The molecule has 1 heterocycles. The number of thiazole rings is 1. The molecule has 27 heavy (non-hydrogen) atoms. The van der Waals surface area contributed by atoms with Crippen molar-refractivity contribution in [1.82, 2.24) is 10.3 Å². The van der Waals surface area contributed by atoms with Crippen LogP contribution in [0.25, 0.3) is 11.3 Å². The monoisotopic (exact) mass is 377 g/mol. The van der Waals surface area contributed by atoms with E-state index in [1.165, 1.54) is 17.4 Å². The van der Waals surface area contributed by atoms with Crippen molar-refractivity contribution in [1.29, 1.82) is 0 Å². The van der Waals surface area contributed by atoms with Gasteiger partial charge in [-0.3, -0.25) is 14.9 Å². The van der Waals surface area contributed by atoms with Gasteiger partial charge in [-0.2, -0.15) is 0 Å². The first-order valence-electron chi connectivity index (χ1n) is 8.39. The molecule has 1 aromatic heterocycles. The molecular weight excluding hydrogens is 358 g/mol. The van der Waals surface area contributed by atoms with E-state index in [0.717, 1.165) is 22.4 Å². The van der Waals surface area contributed by atoms with E-state index < -0.39 is 0 Å². The summed E-state index contributed by atoms with van der Waals surface area (Å²) < 4.78 is 0. The fourth-order valence-electron chi connectivity index (χ4n) is 2.52. The van der Waals surface area contributed by atoms with Crippen molar-refractivity contribution in [3.05, 3.63) is 83.3 Å². The molecule has 2 amide bonds. The van der Waals surface area contributed by atoms with Crippen LogP contribution in [-0.2, 0) is 11.3 Å². The first-order chi connectivity index (χ1) is 13.1. The number of nitrogens with one attached hydrogen (secondary N) is 2. The summed E-state index contributed by atoms with van der Waals surface area (Å²) in [5.74, 6) is -0.451. The van der Waals surface area contributed by atoms with Crippen LogP contribution >= 0.6 is 11.3 Å². The maximum atomic E-state index is 12.4. The van der Waals surface area contributed by atoms with Gasteiger partial charge < -0.3 is 5.32 Å². The number of amides is 2. The Bertz CT molecular complexity index is 977. The van der Waals surface area contributed by atoms with Gasteiger partial charge in [-0.1, -0.05) is 43.0 Å². The number of anilines is 1. The summed E-state index contributed by atoms with van der Waals surface area (Å²) in [4.78, 5) is 28.1. The SMILES string of the molecule is C=CC(=O)NCc1ccc(C(=O)Nc2nc(-c3ccccc3C)cs2)cc1. The second kappa shape index (κ2) is 8.42. The standard InChI is InChI=1S/C21H19N3O2S/c1-3-19(25)22-12-15-8-10-16(11-9-15)20(26)24-21-23-18(13-27-21)17-7-5-4-6-14(17)2/h3-11,13H,1,12H2,2H3,(H,22,25)(H,23,24,26). The number of hydrogen-bond donors (Lipinski definition) is 2. The van der Waals surface area contributed by atoms with Crippen LogP contribution < -0.4 is 10.6 Å². The summed E-state index contributed by atoms with van der Waals surface area (Å²) >= 11 is 1.39. The Morgan fingerprint density at radius 3 is 2.59 bits per heavy atom. The molecule has 0 aliphatic heterocycles. The van der Waals surface area contributed by atoms with Crippen LogP contribution in [0.15, 0.2) is 66.6 Å². The van der Waals surface area contributed by atoms with Crippen molar-refractivity contribution in [2.24, 2.45) is 0 Å². The Balaban J connectivity index is 1.65. The number of aromatic nitrogens is 1. The molecule has 0 fully saturated rings. The van der Waals surface area contributed by atoms with E-state index in [1.54, 1.807) is 24.3 Å². The van der Waals surface area contributed by atoms with Crippen LogP contribution in [0.4, 0.5) is 5.13 Å². The third kappa shape index (κ3) is 4.68. The maximum absolute atomic E-state index is 12.4. The van der Waals surface area contributed by atoms with Gasteiger partial charge in [-0.25, -0.2) is 4.98 Å². The number of rotatable bonds is 6. The van der Waals surface area contributed by atoms with Crippen molar-refractivity contribution in [3.63, 3.8) is 0 Å². The van der Waals surface area contributed by atoms with E-state index in [2.05, 4.69) is 22.2 Å². The lowest BCUT2D eigenvalue weighted by Crippen LogP contribution is -2.20. The number of carbonyl (C=O) groups excluding carboxylic acids is 2. The van der Waals surface area contributed by atoms with Gasteiger partial charge in [0.1, 0.15) is 0 Å². The highest BCUT2D eigenvalue weighted by Gasteiger charge is 2.11. The molecule has 5 nitrogen and oxygen atoms in total. The summed E-state index contributed by atoms with van der Waals surface area (Å²) in [7, 11) is 0. The Labute approximate surface area is 161 Å². The third-order valence-electron chi connectivity index (χ3n) is 4.01. The lowest BCUT2D eigenvalue weighted by atomic mass is 10.1. The molecule has 6 heteroatoms. The van der Waals surface area contributed by atoms with Gasteiger partial charge in [-0.15, -0.1) is 11.3 Å². The second-order valence-corrected chi connectivity index (χ2v) is 6.78. The average molecular weight is 377 g/mol. The molecule has 0 spiro atoms. The quantitative estimate of drug-likeness (QED) is 0.633. The lowest BCUT2D eigenvalue weighted by Gasteiger charge is -2.05. The Hall–Kier alpha value is -3.25. The van der Waals surface area contributed by atoms with Gasteiger partial charge in [0.15, 0.2) is 5.13 Å². The number of carbonyl (C=O) groups is 2. The van der Waals surface area contributed by atoms with Gasteiger partial charge in [0.05, 0.1) is 5.69 Å². The lowest BCUT2D eigenvalue weighted by molar-refractivity contribution is -0.116. The van der Waals surface area contributed by atoms with Crippen LogP contribution in [0.5, 0.6) is 0 Å². The highest BCUT2D eigenvalue weighted by molar-refractivity contribution is 7.14. The number of nitrogens with zero attached hydrogens (tertiary/aromatic N) is 1. The minimum Gasteiger partial charge on any atom is -0.348 e. The predicted octanol–water partition coefficient (Wildman–Crippen LogP) is 4.17. The van der Waals surface area contributed by atoms with Crippen molar-refractivity contribution in [2.45, 2.75) is 13.5 Å². The van der Waals surface area contributed by atoms with Crippen molar-refractivity contribution >= 4 is 28.3 Å². The van der Waals surface area contributed by atoms with E-state index in [9.17, 15) is 9.59 Å². The Morgan fingerprint density at radius 1 is 1.15 bits per heavy atom. The molecule has 0 bridgehead atoms. The fourth-order valence-corrected chi connectivity index (χ4v) is 3.23. The van der Waals surface area contributed by atoms with E-state index >= 15 is 0 Å². The van der Waals surface area contributed by atoms with E-state index in [4.69, 9.17) is 0 Å². The topological polar surface area (TPSA) is 71.1 Å². The fraction of sp³-hybridized carbons (Fsp3) is 0.0952. The molecule has 0 atom stereocenters. The van der Waals surface area contributed by atoms with Crippen LogP contribution in [0.1, 0.15) is 21.5 Å². The first-order valence-corrected chi connectivity index (χ1v) is 9.27. The third-order valence-corrected chi connectivity index (χ3v) is 4.77. The summed E-state index contributed by atoms with van der Waals surface area (Å²) in [6.07, 6.45) is 1.22. The average Bonchev–Trinajstić information content (AvgIpc) is 3.15. The van der Waals surface area contributed by atoms with Gasteiger partial charge in [-0.05, 0) is 36.3 Å². The molecular formula is C21H19N3O2S. The first kappa shape index (κ1) is 18.5.